The van der Waals surface area contributed by atoms with Crippen molar-refractivity contribution >= 4 is 9.84 Å². The largest absolute Gasteiger partial charge is 0.389 e. The summed E-state index contributed by atoms with van der Waals surface area (Å²) in [6, 6.07) is 0. The summed E-state index contributed by atoms with van der Waals surface area (Å²) in [7, 11) is -3.56. The van der Waals surface area contributed by atoms with Gasteiger partial charge in [0.1, 0.15) is 5.37 Å². The van der Waals surface area contributed by atoms with E-state index in [2.05, 4.69) is 0 Å². The monoisotopic (exact) mass is 233 g/mol. The van der Waals surface area contributed by atoms with Gasteiger partial charge in [-0.2, -0.15) is 13.2 Å². The Bertz CT molecular complexity index is 261. The number of alkyl halides is 3. The molecule has 0 spiro atoms. The van der Waals surface area contributed by atoms with Crippen molar-refractivity contribution in [2.45, 2.75) is 37.7 Å². The third-order valence-electron chi connectivity index (χ3n) is 1.75. The summed E-state index contributed by atoms with van der Waals surface area (Å²) in [5.41, 5.74) is 5.23. The first-order chi connectivity index (χ1) is 6.19. The van der Waals surface area contributed by atoms with Crippen LogP contribution in [0.1, 0.15) is 26.2 Å². The molecule has 0 rings (SSSR count). The highest BCUT2D eigenvalue weighted by molar-refractivity contribution is 7.91. The first kappa shape index (κ1) is 13.7. The van der Waals surface area contributed by atoms with E-state index in [1.807, 2.05) is 0 Å². The minimum absolute atomic E-state index is 0.217. The molecule has 0 saturated heterocycles. The Morgan fingerprint density at radius 1 is 1.36 bits per heavy atom. The van der Waals surface area contributed by atoms with Crippen LogP contribution in [0, 0.1) is 0 Å². The van der Waals surface area contributed by atoms with E-state index >= 15 is 0 Å². The summed E-state index contributed by atoms with van der Waals surface area (Å²) in [6.45, 7) is 1.58. The lowest BCUT2D eigenvalue weighted by atomic mass is 10.3. The Morgan fingerprint density at radius 3 is 2.21 bits per heavy atom. The van der Waals surface area contributed by atoms with Gasteiger partial charge in [-0.3, -0.25) is 0 Å². The lowest BCUT2D eigenvalue weighted by Gasteiger charge is -2.11. The topological polar surface area (TPSA) is 60.2 Å². The number of halogens is 3. The molecule has 0 heterocycles. The molecule has 3 nitrogen and oxygen atoms in total. The normalized spacial score (nSPS) is 15.5. The zero-order valence-electron chi connectivity index (χ0n) is 7.84. The van der Waals surface area contributed by atoms with Gasteiger partial charge < -0.3 is 5.73 Å². The summed E-state index contributed by atoms with van der Waals surface area (Å²) < 4.78 is 57.4. The van der Waals surface area contributed by atoms with E-state index in [1.165, 1.54) is 0 Å². The molecule has 1 atom stereocenters. The maximum atomic E-state index is 11.7. The molecule has 0 bridgehead atoms. The Kier molecular flexibility index (Phi) is 4.87. The summed E-state index contributed by atoms with van der Waals surface area (Å²) in [6.07, 6.45) is -5.58. The molecule has 1 unspecified atom stereocenters. The highest BCUT2D eigenvalue weighted by atomic mass is 32.2. The number of sulfone groups is 1. The zero-order valence-corrected chi connectivity index (χ0v) is 8.66. The van der Waals surface area contributed by atoms with Crippen molar-refractivity contribution in [2.24, 2.45) is 5.73 Å². The SMILES string of the molecule is CCC(N)S(=O)(=O)CCCC(F)(F)F. The van der Waals surface area contributed by atoms with Crippen LogP contribution in [0.4, 0.5) is 13.2 Å². The summed E-state index contributed by atoms with van der Waals surface area (Å²) >= 11 is 0. The quantitative estimate of drug-likeness (QED) is 0.781. The van der Waals surface area contributed by atoms with E-state index in [1.54, 1.807) is 6.92 Å². The minimum atomic E-state index is -4.30. The standard InChI is InChI=1S/C7H14F3NO2S/c1-2-6(11)14(12,13)5-3-4-7(8,9)10/h6H,2-5,11H2,1H3. The fourth-order valence-corrected chi connectivity index (χ4v) is 2.24. The average molecular weight is 233 g/mol. The van der Waals surface area contributed by atoms with Gasteiger partial charge in [-0.25, -0.2) is 8.42 Å². The maximum Gasteiger partial charge on any atom is 0.389 e. The van der Waals surface area contributed by atoms with E-state index in [4.69, 9.17) is 5.73 Å². The first-order valence-electron chi connectivity index (χ1n) is 4.23. The fraction of sp³-hybridized carbons (Fsp3) is 1.00. The van der Waals surface area contributed by atoms with E-state index in [-0.39, 0.29) is 6.42 Å². The number of hydrogen-bond acceptors (Lipinski definition) is 3. The van der Waals surface area contributed by atoms with Gasteiger partial charge in [-0.1, -0.05) is 6.92 Å². The molecule has 2 N–H and O–H groups in total. The van der Waals surface area contributed by atoms with Crippen molar-refractivity contribution < 1.29 is 21.6 Å². The Labute approximate surface area is 81.4 Å². The van der Waals surface area contributed by atoms with Crippen molar-refractivity contribution in [3.05, 3.63) is 0 Å². The summed E-state index contributed by atoms with van der Waals surface area (Å²) in [4.78, 5) is 0. The molecule has 0 aromatic heterocycles. The molecule has 0 saturated carbocycles. The van der Waals surface area contributed by atoms with E-state index < -0.39 is 40.0 Å². The third-order valence-corrected chi connectivity index (χ3v) is 3.87. The van der Waals surface area contributed by atoms with E-state index in [0.717, 1.165) is 0 Å². The minimum Gasteiger partial charge on any atom is -0.315 e. The van der Waals surface area contributed by atoms with Crippen molar-refractivity contribution in [2.75, 3.05) is 5.75 Å². The smallest absolute Gasteiger partial charge is 0.315 e. The van der Waals surface area contributed by atoms with Gasteiger partial charge >= 0.3 is 6.18 Å². The molecule has 0 fully saturated rings. The van der Waals surface area contributed by atoms with Crippen LogP contribution in [0.5, 0.6) is 0 Å². The molecule has 0 radical (unpaired) electrons. The second kappa shape index (κ2) is 4.97. The van der Waals surface area contributed by atoms with Gasteiger partial charge in [-0.05, 0) is 12.8 Å². The molecule has 0 aromatic carbocycles. The second-order valence-corrected chi connectivity index (χ2v) is 5.37. The molecule has 0 aliphatic heterocycles. The van der Waals surface area contributed by atoms with Gasteiger partial charge in [0.05, 0.1) is 5.75 Å². The predicted molar refractivity (Wildman–Crippen MR) is 47.3 cm³/mol. The Balaban J connectivity index is 4.02. The Morgan fingerprint density at radius 2 is 1.86 bits per heavy atom. The molecule has 0 amide bonds. The van der Waals surface area contributed by atoms with Crippen LogP contribution < -0.4 is 5.73 Å². The van der Waals surface area contributed by atoms with Crippen LogP contribution in [-0.2, 0) is 9.84 Å². The predicted octanol–water partition coefficient (Wildman–Crippen LogP) is 1.44. The van der Waals surface area contributed by atoms with Gasteiger partial charge in [-0.15, -0.1) is 0 Å². The van der Waals surface area contributed by atoms with Crippen molar-refractivity contribution in [3.8, 4) is 0 Å². The molecule has 0 aliphatic carbocycles. The van der Waals surface area contributed by atoms with Gasteiger partial charge in [0, 0.05) is 6.42 Å². The Hall–Kier alpha value is -0.300. The highest BCUT2D eigenvalue weighted by Crippen LogP contribution is 2.21. The van der Waals surface area contributed by atoms with Gasteiger partial charge in [0.25, 0.3) is 0 Å². The summed E-state index contributed by atoms with van der Waals surface area (Å²) in [5.74, 6) is -0.498. The lowest BCUT2D eigenvalue weighted by Crippen LogP contribution is -2.32. The number of rotatable bonds is 5. The molecule has 86 valence electrons. The number of nitrogens with two attached hydrogens (primary N) is 1. The van der Waals surface area contributed by atoms with Crippen LogP contribution in [0.15, 0.2) is 0 Å². The lowest BCUT2D eigenvalue weighted by molar-refractivity contribution is -0.134. The van der Waals surface area contributed by atoms with E-state index in [0.29, 0.717) is 0 Å². The third kappa shape index (κ3) is 5.43. The van der Waals surface area contributed by atoms with Crippen molar-refractivity contribution in [1.82, 2.24) is 0 Å². The number of hydrogen-bond donors (Lipinski definition) is 1. The van der Waals surface area contributed by atoms with Crippen LogP contribution >= 0.6 is 0 Å². The summed E-state index contributed by atoms with van der Waals surface area (Å²) in [5, 5.41) is -1.05. The molecule has 0 aromatic rings. The molecule has 0 aliphatic rings. The van der Waals surface area contributed by atoms with Gasteiger partial charge in [0.2, 0.25) is 0 Å². The van der Waals surface area contributed by atoms with E-state index in [9.17, 15) is 21.6 Å². The second-order valence-electron chi connectivity index (χ2n) is 3.03. The van der Waals surface area contributed by atoms with Gasteiger partial charge in [0.15, 0.2) is 9.84 Å². The van der Waals surface area contributed by atoms with Crippen LogP contribution in [-0.4, -0.2) is 25.7 Å². The molecule has 7 heteroatoms. The first-order valence-corrected chi connectivity index (χ1v) is 5.94. The van der Waals surface area contributed by atoms with Crippen LogP contribution in [0.2, 0.25) is 0 Å². The molecular formula is C7H14F3NO2S. The van der Waals surface area contributed by atoms with Crippen molar-refractivity contribution in [3.63, 3.8) is 0 Å². The van der Waals surface area contributed by atoms with Crippen LogP contribution in [0.3, 0.4) is 0 Å². The average Bonchev–Trinajstić information content (AvgIpc) is 2.00. The molecule has 14 heavy (non-hydrogen) atoms. The zero-order chi connectivity index (χ0) is 11.4. The van der Waals surface area contributed by atoms with Crippen molar-refractivity contribution in [1.29, 1.82) is 0 Å². The fourth-order valence-electron chi connectivity index (χ4n) is 0.879. The molecular weight excluding hydrogens is 219 g/mol. The van der Waals surface area contributed by atoms with Crippen LogP contribution in [0.25, 0.3) is 0 Å². The highest BCUT2D eigenvalue weighted by Gasteiger charge is 2.28. The maximum absolute atomic E-state index is 11.7.